The highest BCUT2D eigenvalue weighted by molar-refractivity contribution is 5.93. The van der Waals surface area contributed by atoms with Gasteiger partial charge in [-0.05, 0) is 26.2 Å². The minimum absolute atomic E-state index is 0.000485. The van der Waals surface area contributed by atoms with E-state index in [2.05, 4.69) is 5.32 Å². The Hall–Kier alpha value is -1.10. The van der Waals surface area contributed by atoms with Crippen LogP contribution in [0.4, 0.5) is 0 Å². The molecule has 0 radical (unpaired) electrons. The second-order valence-electron chi connectivity index (χ2n) is 4.75. The summed E-state index contributed by atoms with van der Waals surface area (Å²) in [6.07, 6.45) is 1.90. The monoisotopic (exact) mass is 227 g/mol. The molecule has 3 aliphatic carbocycles. The molecule has 0 unspecified atom stereocenters. The highest BCUT2D eigenvalue weighted by atomic mass is 16.5. The summed E-state index contributed by atoms with van der Waals surface area (Å²) in [6, 6.07) is 0. The van der Waals surface area contributed by atoms with Crippen LogP contribution in [0.15, 0.2) is 0 Å². The predicted molar refractivity (Wildman–Crippen MR) is 55.4 cm³/mol. The lowest BCUT2D eigenvalue weighted by Crippen LogP contribution is -2.70. The maximum absolute atomic E-state index is 11.7. The maximum Gasteiger partial charge on any atom is 0.312 e. The van der Waals surface area contributed by atoms with Gasteiger partial charge in [-0.15, -0.1) is 0 Å². The van der Waals surface area contributed by atoms with Crippen molar-refractivity contribution < 1.29 is 19.1 Å². The van der Waals surface area contributed by atoms with Crippen molar-refractivity contribution in [2.45, 2.75) is 26.2 Å². The first-order chi connectivity index (χ1) is 7.58. The molecule has 0 aromatic carbocycles. The van der Waals surface area contributed by atoms with Crippen LogP contribution in [0.3, 0.4) is 0 Å². The van der Waals surface area contributed by atoms with Gasteiger partial charge in [0, 0.05) is 7.11 Å². The number of amides is 1. The molecule has 0 aliphatic heterocycles. The zero-order valence-electron chi connectivity index (χ0n) is 9.67. The van der Waals surface area contributed by atoms with Crippen LogP contribution >= 0.6 is 0 Å². The third kappa shape index (κ3) is 1.42. The van der Waals surface area contributed by atoms with Crippen LogP contribution in [-0.2, 0) is 19.1 Å². The SMILES string of the molecule is CCOC(=O)C12CC(C(=O)NCOC)(C1)C2. The highest BCUT2D eigenvalue weighted by Gasteiger charge is 2.75. The fourth-order valence-electron chi connectivity index (χ4n) is 2.85. The molecule has 16 heavy (non-hydrogen) atoms. The van der Waals surface area contributed by atoms with Gasteiger partial charge in [-0.25, -0.2) is 0 Å². The molecule has 1 amide bonds. The summed E-state index contributed by atoms with van der Waals surface area (Å²) in [4.78, 5) is 23.3. The Morgan fingerprint density at radius 1 is 1.25 bits per heavy atom. The third-order valence-electron chi connectivity index (χ3n) is 3.60. The second-order valence-corrected chi connectivity index (χ2v) is 4.75. The number of nitrogens with one attached hydrogen (secondary N) is 1. The number of carbonyl (C=O) groups excluding carboxylic acids is 2. The van der Waals surface area contributed by atoms with E-state index in [1.165, 1.54) is 7.11 Å². The molecular formula is C11H17NO4. The fraction of sp³-hybridized carbons (Fsp3) is 0.818. The second kappa shape index (κ2) is 3.73. The van der Waals surface area contributed by atoms with Gasteiger partial charge in [0.1, 0.15) is 6.73 Å². The highest BCUT2D eigenvalue weighted by Crippen LogP contribution is 2.73. The van der Waals surface area contributed by atoms with Gasteiger partial charge in [-0.1, -0.05) is 0 Å². The van der Waals surface area contributed by atoms with Crippen molar-refractivity contribution in [3.8, 4) is 0 Å². The first-order valence-electron chi connectivity index (χ1n) is 5.53. The van der Waals surface area contributed by atoms with Gasteiger partial charge in [-0.2, -0.15) is 0 Å². The molecule has 90 valence electrons. The van der Waals surface area contributed by atoms with E-state index >= 15 is 0 Å². The maximum atomic E-state index is 11.7. The minimum atomic E-state index is -0.347. The summed E-state index contributed by atoms with van der Waals surface area (Å²) in [5.74, 6) is -0.142. The van der Waals surface area contributed by atoms with Crippen LogP contribution in [0.25, 0.3) is 0 Å². The fourth-order valence-corrected chi connectivity index (χ4v) is 2.85. The molecule has 3 aliphatic rings. The van der Waals surface area contributed by atoms with Crippen molar-refractivity contribution in [1.82, 2.24) is 5.32 Å². The molecule has 0 aromatic rings. The quantitative estimate of drug-likeness (QED) is 0.546. The summed E-state index contributed by atoms with van der Waals surface area (Å²) in [5, 5.41) is 2.69. The van der Waals surface area contributed by atoms with Crippen molar-refractivity contribution >= 4 is 11.9 Å². The first-order valence-corrected chi connectivity index (χ1v) is 5.53. The summed E-state index contributed by atoms with van der Waals surface area (Å²) >= 11 is 0. The van der Waals surface area contributed by atoms with Crippen LogP contribution in [0.1, 0.15) is 26.2 Å². The summed E-state index contributed by atoms with van der Waals surface area (Å²) < 4.78 is 9.78. The minimum Gasteiger partial charge on any atom is -0.466 e. The Morgan fingerprint density at radius 3 is 2.38 bits per heavy atom. The number of hydrogen-bond acceptors (Lipinski definition) is 4. The molecule has 0 heterocycles. The lowest BCUT2D eigenvalue weighted by molar-refractivity contribution is -0.224. The van der Waals surface area contributed by atoms with Gasteiger partial charge >= 0.3 is 5.97 Å². The smallest absolute Gasteiger partial charge is 0.312 e. The largest absolute Gasteiger partial charge is 0.466 e. The zero-order chi connectivity index (χ0) is 11.8. The van der Waals surface area contributed by atoms with Crippen molar-refractivity contribution in [3.63, 3.8) is 0 Å². The van der Waals surface area contributed by atoms with E-state index in [0.717, 1.165) is 0 Å². The molecule has 5 heteroatoms. The molecule has 0 spiro atoms. The van der Waals surface area contributed by atoms with Gasteiger partial charge in [-0.3, -0.25) is 9.59 Å². The van der Waals surface area contributed by atoms with Crippen LogP contribution in [0, 0.1) is 10.8 Å². The van der Waals surface area contributed by atoms with E-state index in [0.29, 0.717) is 25.9 Å². The molecule has 0 saturated heterocycles. The van der Waals surface area contributed by atoms with Gasteiger partial charge in [0.15, 0.2) is 0 Å². The molecule has 5 nitrogen and oxygen atoms in total. The molecule has 3 fully saturated rings. The number of carbonyl (C=O) groups is 2. The third-order valence-corrected chi connectivity index (χ3v) is 3.60. The van der Waals surface area contributed by atoms with Gasteiger partial charge in [0.25, 0.3) is 0 Å². The standard InChI is InChI=1S/C11H17NO4/c1-3-16-9(14)11-4-10(5-11,6-11)8(13)12-7-15-2/h3-7H2,1-2H3,(H,12,13). The Morgan fingerprint density at radius 2 is 1.88 bits per heavy atom. The van der Waals surface area contributed by atoms with Crippen molar-refractivity contribution in [3.05, 3.63) is 0 Å². The van der Waals surface area contributed by atoms with E-state index in [9.17, 15) is 9.59 Å². The Labute approximate surface area is 94.5 Å². The molecule has 1 N–H and O–H groups in total. The van der Waals surface area contributed by atoms with Crippen LogP contribution in [0.5, 0.6) is 0 Å². The van der Waals surface area contributed by atoms with Crippen molar-refractivity contribution in [2.75, 3.05) is 20.4 Å². The predicted octanol–water partition coefficient (Wildman–Crippen LogP) is 0.440. The van der Waals surface area contributed by atoms with Crippen LogP contribution in [0.2, 0.25) is 0 Å². The van der Waals surface area contributed by atoms with E-state index in [1.54, 1.807) is 6.92 Å². The zero-order valence-corrected chi connectivity index (χ0v) is 9.67. The topological polar surface area (TPSA) is 64.6 Å². The van der Waals surface area contributed by atoms with Crippen LogP contribution < -0.4 is 5.32 Å². The molecule has 0 atom stereocenters. The van der Waals surface area contributed by atoms with E-state index in [-0.39, 0.29) is 29.4 Å². The number of hydrogen-bond donors (Lipinski definition) is 1. The Bertz CT molecular complexity index is 306. The molecular weight excluding hydrogens is 210 g/mol. The number of ether oxygens (including phenoxy) is 2. The van der Waals surface area contributed by atoms with Crippen molar-refractivity contribution in [2.24, 2.45) is 10.8 Å². The van der Waals surface area contributed by atoms with E-state index in [4.69, 9.17) is 9.47 Å². The van der Waals surface area contributed by atoms with Crippen LogP contribution in [-0.4, -0.2) is 32.3 Å². The summed E-state index contributed by atoms with van der Waals surface area (Å²) in [6.45, 7) is 2.43. The van der Waals surface area contributed by atoms with Gasteiger partial charge in [0.05, 0.1) is 17.4 Å². The normalized spacial score (nSPS) is 34.6. The first kappa shape index (κ1) is 11.4. The Balaban J connectivity index is 1.84. The average molecular weight is 227 g/mol. The molecule has 2 bridgehead atoms. The van der Waals surface area contributed by atoms with Gasteiger partial charge < -0.3 is 14.8 Å². The van der Waals surface area contributed by atoms with E-state index < -0.39 is 0 Å². The lowest BCUT2D eigenvalue weighted by atomic mass is 9.35. The number of methoxy groups -OCH3 is 1. The Kier molecular flexibility index (Phi) is 2.66. The molecule has 3 rings (SSSR count). The molecule has 0 aromatic heterocycles. The van der Waals surface area contributed by atoms with Gasteiger partial charge in [0.2, 0.25) is 5.91 Å². The average Bonchev–Trinajstić information content (AvgIpc) is 2.10. The molecule has 3 saturated carbocycles. The lowest BCUT2D eigenvalue weighted by Gasteiger charge is -2.66. The number of rotatable bonds is 5. The number of esters is 1. The van der Waals surface area contributed by atoms with E-state index in [1.807, 2.05) is 0 Å². The van der Waals surface area contributed by atoms with Crippen molar-refractivity contribution in [1.29, 1.82) is 0 Å². The summed E-state index contributed by atoms with van der Waals surface area (Å²) in [5.41, 5.74) is -0.661. The summed E-state index contributed by atoms with van der Waals surface area (Å²) in [7, 11) is 1.53.